The standard InChI is InChI=1S/C28H30F2N4O5/c1-5-39-27(37)28(29,30)22-8-6-7-19(15-22)16-33-13-14-34-25(33)23(18(3)32-34)24(35)31-17(2)20-9-11-21(12-10-20)26(36)38-4/h6-12,15,17H,5,13-14,16H2,1-4H3,(H,31,35)/t17-/m0/s1. The van der Waals surface area contributed by atoms with Crippen molar-refractivity contribution < 1.29 is 32.6 Å². The van der Waals surface area contributed by atoms with Gasteiger partial charge in [-0.1, -0.05) is 30.3 Å². The number of benzene rings is 2. The van der Waals surface area contributed by atoms with Crippen molar-refractivity contribution in [3.8, 4) is 0 Å². The first-order valence-corrected chi connectivity index (χ1v) is 12.5. The Labute approximate surface area is 224 Å². The van der Waals surface area contributed by atoms with Crippen LogP contribution in [-0.4, -0.2) is 47.9 Å². The van der Waals surface area contributed by atoms with E-state index in [1.54, 1.807) is 41.9 Å². The van der Waals surface area contributed by atoms with Crippen molar-refractivity contribution >= 4 is 23.7 Å². The van der Waals surface area contributed by atoms with Crippen LogP contribution < -0.4 is 10.2 Å². The molecule has 0 fully saturated rings. The van der Waals surface area contributed by atoms with Crippen molar-refractivity contribution in [2.24, 2.45) is 0 Å². The van der Waals surface area contributed by atoms with E-state index in [0.29, 0.717) is 41.3 Å². The lowest BCUT2D eigenvalue weighted by molar-refractivity contribution is -0.173. The zero-order valence-corrected chi connectivity index (χ0v) is 22.2. The second kappa shape index (κ2) is 11.2. The van der Waals surface area contributed by atoms with Crippen molar-refractivity contribution in [1.82, 2.24) is 15.1 Å². The van der Waals surface area contributed by atoms with Gasteiger partial charge in [0.05, 0.1) is 37.6 Å². The van der Waals surface area contributed by atoms with Crippen molar-refractivity contribution in [3.05, 3.63) is 82.0 Å². The van der Waals surface area contributed by atoms with Gasteiger partial charge in [-0.15, -0.1) is 0 Å². The number of hydrogen-bond donors (Lipinski definition) is 1. The summed E-state index contributed by atoms with van der Waals surface area (Å²) >= 11 is 0. The lowest BCUT2D eigenvalue weighted by Crippen LogP contribution is -2.30. The van der Waals surface area contributed by atoms with Crippen LogP contribution in [0.5, 0.6) is 0 Å². The van der Waals surface area contributed by atoms with E-state index in [2.05, 4.69) is 15.2 Å². The maximum atomic E-state index is 14.6. The molecule has 1 atom stereocenters. The summed E-state index contributed by atoms with van der Waals surface area (Å²) in [7, 11) is 1.31. The van der Waals surface area contributed by atoms with Crippen LogP contribution in [0.15, 0.2) is 48.5 Å². The average molecular weight is 541 g/mol. The van der Waals surface area contributed by atoms with Gasteiger partial charge in [0, 0.05) is 18.7 Å². The van der Waals surface area contributed by atoms with Crippen LogP contribution in [-0.2, 0) is 33.3 Å². The summed E-state index contributed by atoms with van der Waals surface area (Å²) < 4.78 is 40.2. The fraction of sp³-hybridized carbons (Fsp3) is 0.357. The van der Waals surface area contributed by atoms with Crippen LogP contribution >= 0.6 is 0 Å². The zero-order valence-electron chi connectivity index (χ0n) is 22.2. The minimum Gasteiger partial charge on any atom is -0.465 e. The molecule has 2 heterocycles. The molecule has 2 aromatic carbocycles. The molecule has 0 spiro atoms. The predicted octanol–water partition coefficient (Wildman–Crippen LogP) is 4.14. The average Bonchev–Trinajstić information content (AvgIpc) is 3.46. The van der Waals surface area contributed by atoms with Gasteiger partial charge in [0.15, 0.2) is 0 Å². The highest BCUT2D eigenvalue weighted by molar-refractivity contribution is 6.00. The third-order valence-electron chi connectivity index (χ3n) is 6.58. The Bertz CT molecular complexity index is 1390. The summed E-state index contributed by atoms with van der Waals surface area (Å²) in [4.78, 5) is 38.8. The summed E-state index contributed by atoms with van der Waals surface area (Å²) in [5.74, 6) is -5.54. The molecular weight excluding hydrogens is 510 g/mol. The Hall–Kier alpha value is -4.28. The number of amides is 1. The highest BCUT2D eigenvalue weighted by Crippen LogP contribution is 2.33. The third-order valence-corrected chi connectivity index (χ3v) is 6.58. The molecule has 1 aromatic heterocycles. The quantitative estimate of drug-likeness (QED) is 0.407. The molecule has 1 N–H and O–H groups in total. The topological polar surface area (TPSA) is 103 Å². The number of carbonyl (C=O) groups excluding carboxylic acids is 3. The van der Waals surface area contributed by atoms with E-state index in [0.717, 1.165) is 5.56 Å². The van der Waals surface area contributed by atoms with Gasteiger partial charge >= 0.3 is 17.9 Å². The maximum absolute atomic E-state index is 14.6. The van der Waals surface area contributed by atoms with Crippen LogP contribution in [0.25, 0.3) is 0 Å². The lowest BCUT2D eigenvalue weighted by atomic mass is 10.0. The normalized spacial score (nSPS) is 13.5. The number of fused-ring (bicyclic) bond motifs is 1. The number of nitrogens with one attached hydrogen (secondary N) is 1. The van der Waals surface area contributed by atoms with Gasteiger partial charge in [-0.25, -0.2) is 14.3 Å². The number of nitrogens with zero attached hydrogens (tertiary/aromatic N) is 3. The summed E-state index contributed by atoms with van der Waals surface area (Å²) in [6, 6.07) is 12.0. The predicted molar refractivity (Wildman–Crippen MR) is 139 cm³/mol. The number of esters is 2. The number of aryl methyl sites for hydroxylation is 1. The van der Waals surface area contributed by atoms with E-state index in [-0.39, 0.29) is 25.1 Å². The molecule has 4 rings (SSSR count). The number of ether oxygens (including phenoxy) is 2. The number of methoxy groups -OCH3 is 1. The van der Waals surface area contributed by atoms with Crippen molar-refractivity contribution in [2.75, 3.05) is 25.2 Å². The van der Waals surface area contributed by atoms with Crippen molar-refractivity contribution in [3.63, 3.8) is 0 Å². The Balaban J connectivity index is 1.53. The molecule has 9 nitrogen and oxygen atoms in total. The minimum absolute atomic E-state index is 0.145. The summed E-state index contributed by atoms with van der Waals surface area (Å²) in [6.07, 6.45) is 0. The van der Waals surface area contributed by atoms with Crippen molar-refractivity contribution in [1.29, 1.82) is 0 Å². The molecule has 1 amide bonds. The first kappa shape index (κ1) is 27.7. The smallest absolute Gasteiger partial charge is 0.381 e. The second-order valence-corrected chi connectivity index (χ2v) is 9.23. The zero-order chi connectivity index (χ0) is 28.3. The molecule has 0 saturated heterocycles. The van der Waals surface area contributed by atoms with Crippen LogP contribution in [0.2, 0.25) is 0 Å². The van der Waals surface area contributed by atoms with Crippen molar-refractivity contribution in [2.45, 2.75) is 45.8 Å². The maximum Gasteiger partial charge on any atom is 0.381 e. The SMILES string of the molecule is CCOC(=O)C(F)(F)c1cccc(CN2CCn3nc(C)c(C(=O)N[C@@H](C)c4ccc(C(=O)OC)cc4)c32)c1. The minimum atomic E-state index is -3.77. The number of anilines is 1. The largest absolute Gasteiger partial charge is 0.465 e. The molecule has 1 aliphatic heterocycles. The van der Waals surface area contributed by atoms with Gasteiger partial charge in [-0.3, -0.25) is 4.79 Å². The van der Waals surface area contributed by atoms with Gasteiger partial charge in [0.1, 0.15) is 11.4 Å². The number of carbonyl (C=O) groups is 3. The van der Waals surface area contributed by atoms with E-state index < -0.39 is 23.4 Å². The monoisotopic (exact) mass is 540 g/mol. The molecule has 1 aliphatic rings. The number of alkyl halides is 2. The number of rotatable bonds is 9. The number of hydrogen-bond acceptors (Lipinski definition) is 7. The van der Waals surface area contributed by atoms with Gasteiger partial charge in [-0.05, 0) is 50.1 Å². The van der Waals surface area contributed by atoms with E-state index in [1.807, 2.05) is 11.8 Å². The molecule has 11 heteroatoms. The van der Waals surface area contributed by atoms with E-state index in [4.69, 9.17) is 4.74 Å². The van der Waals surface area contributed by atoms with E-state index in [9.17, 15) is 23.2 Å². The van der Waals surface area contributed by atoms with Crippen LogP contribution in [0.4, 0.5) is 14.6 Å². The fourth-order valence-electron chi connectivity index (χ4n) is 4.59. The van der Waals surface area contributed by atoms with Gasteiger partial charge in [0.2, 0.25) is 0 Å². The first-order chi connectivity index (χ1) is 18.6. The Morgan fingerprint density at radius 2 is 1.85 bits per heavy atom. The highest BCUT2D eigenvalue weighted by Gasteiger charge is 2.43. The molecule has 0 radical (unpaired) electrons. The molecule has 0 unspecified atom stereocenters. The van der Waals surface area contributed by atoms with Crippen LogP contribution in [0, 0.1) is 6.92 Å². The third kappa shape index (κ3) is 5.62. The summed E-state index contributed by atoms with van der Waals surface area (Å²) in [6.45, 7) is 6.21. The molecule has 0 saturated carbocycles. The second-order valence-electron chi connectivity index (χ2n) is 9.23. The van der Waals surface area contributed by atoms with Gasteiger partial charge < -0.3 is 19.7 Å². The highest BCUT2D eigenvalue weighted by atomic mass is 19.3. The van der Waals surface area contributed by atoms with Gasteiger partial charge in [0.25, 0.3) is 5.91 Å². The Morgan fingerprint density at radius 3 is 2.51 bits per heavy atom. The first-order valence-electron chi connectivity index (χ1n) is 12.5. The summed E-state index contributed by atoms with van der Waals surface area (Å²) in [5.41, 5.74) is 2.25. The van der Waals surface area contributed by atoms with E-state index in [1.165, 1.54) is 32.2 Å². The molecule has 0 aliphatic carbocycles. The number of aromatic nitrogens is 2. The Kier molecular flexibility index (Phi) is 7.98. The number of halogens is 2. The molecule has 206 valence electrons. The van der Waals surface area contributed by atoms with E-state index >= 15 is 0 Å². The Morgan fingerprint density at radius 1 is 1.13 bits per heavy atom. The molecular formula is C28H30F2N4O5. The molecule has 0 bridgehead atoms. The lowest BCUT2D eigenvalue weighted by Gasteiger charge is -2.21. The fourth-order valence-corrected chi connectivity index (χ4v) is 4.59. The van der Waals surface area contributed by atoms with Crippen LogP contribution in [0.1, 0.15) is 63.0 Å². The van der Waals surface area contributed by atoms with Gasteiger partial charge in [-0.2, -0.15) is 13.9 Å². The summed E-state index contributed by atoms with van der Waals surface area (Å²) in [5, 5.41) is 7.49. The van der Waals surface area contributed by atoms with Crippen LogP contribution in [0.3, 0.4) is 0 Å². The molecule has 3 aromatic rings. The molecule has 39 heavy (non-hydrogen) atoms.